The summed E-state index contributed by atoms with van der Waals surface area (Å²) < 4.78 is 17.3. The van der Waals surface area contributed by atoms with Crippen molar-refractivity contribution >= 4 is 23.4 Å². The first-order chi connectivity index (χ1) is 18.7. The minimum Gasteiger partial charge on any atom is -0.497 e. The van der Waals surface area contributed by atoms with Crippen LogP contribution < -0.4 is 20.1 Å². The minimum atomic E-state index is -0.720. The minimum absolute atomic E-state index is 0.198. The third-order valence-electron chi connectivity index (χ3n) is 5.65. The van der Waals surface area contributed by atoms with E-state index in [4.69, 9.17) is 14.2 Å². The highest BCUT2D eigenvalue weighted by Gasteiger charge is 2.25. The molecule has 4 aromatic carbocycles. The first-order valence-corrected chi connectivity index (χ1v) is 12.6. The van der Waals surface area contributed by atoms with Gasteiger partial charge in [0.05, 0.1) is 7.11 Å². The van der Waals surface area contributed by atoms with Gasteiger partial charge in [0.25, 0.3) is 0 Å². The van der Waals surface area contributed by atoms with Crippen LogP contribution in [-0.4, -0.2) is 24.7 Å². The van der Waals surface area contributed by atoms with Gasteiger partial charge in [-0.2, -0.15) is 0 Å². The maximum absolute atomic E-state index is 13.3. The number of hydrogen-bond acceptors (Lipinski definition) is 5. The zero-order valence-corrected chi connectivity index (χ0v) is 22.4. The molecule has 0 aliphatic carbocycles. The Hall–Kier alpha value is -4.78. The summed E-state index contributed by atoms with van der Waals surface area (Å²) in [5.41, 5.74) is 2.34. The molecule has 0 radical (unpaired) electrons. The lowest BCUT2D eigenvalue weighted by Gasteiger charge is -2.24. The summed E-state index contributed by atoms with van der Waals surface area (Å²) in [7, 11) is 1.58. The van der Waals surface area contributed by atoms with Crippen LogP contribution in [-0.2, 0) is 4.74 Å². The van der Waals surface area contributed by atoms with Crippen molar-refractivity contribution in [3.05, 3.63) is 120 Å². The maximum atomic E-state index is 13.3. The molecule has 0 bridgehead atoms. The Morgan fingerprint density at radius 3 is 1.79 bits per heavy atom. The van der Waals surface area contributed by atoms with E-state index in [1.807, 2.05) is 60.7 Å². The zero-order chi connectivity index (χ0) is 27.8. The van der Waals surface area contributed by atoms with Crippen LogP contribution in [0.25, 0.3) is 0 Å². The largest absolute Gasteiger partial charge is 0.497 e. The van der Waals surface area contributed by atoms with Crippen molar-refractivity contribution in [2.75, 3.05) is 17.7 Å². The topological polar surface area (TPSA) is 85.9 Å². The van der Waals surface area contributed by atoms with E-state index in [0.29, 0.717) is 22.9 Å². The average Bonchev–Trinajstić information content (AvgIpc) is 2.92. The monoisotopic (exact) mass is 524 g/mol. The second kappa shape index (κ2) is 12.2. The summed E-state index contributed by atoms with van der Waals surface area (Å²) in [6.45, 7) is 5.39. The van der Waals surface area contributed by atoms with E-state index in [-0.39, 0.29) is 5.56 Å². The van der Waals surface area contributed by atoms with Crippen LogP contribution in [0.5, 0.6) is 11.5 Å². The van der Waals surface area contributed by atoms with E-state index in [9.17, 15) is 9.59 Å². The molecule has 4 rings (SSSR count). The highest BCUT2D eigenvalue weighted by atomic mass is 16.6. The van der Waals surface area contributed by atoms with Gasteiger partial charge in [0.15, 0.2) is 0 Å². The fourth-order valence-corrected chi connectivity index (χ4v) is 3.88. The summed E-state index contributed by atoms with van der Waals surface area (Å²) in [4.78, 5) is 26.0. The predicted octanol–water partition coefficient (Wildman–Crippen LogP) is 7.46. The molecule has 0 unspecified atom stereocenters. The summed E-state index contributed by atoms with van der Waals surface area (Å²) in [5.74, 6) is 0.461. The smallest absolute Gasteiger partial charge is 0.342 e. The van der Waals surface area contributed by atoms with Crippen molar-refractivity contribution < 1.29 is 23.8 Å². The van der Waals surface area contributed by atoms with Crippen LogP contribution in [0.4, 0.5) is 16.2 Å². The third kappa shape index (κ3) is 7.61. The van der Waals surface area contributed by atoms with Crippen LogP contribution >= 0.6 is 0 Å². The number of anilines is 2. The molecular formula is C32H32N2O5. The Labute approximate surface area is 228 Å². The Morgan fingerprint density at radius 2 is 1.26 bits per heavy atom. The molecule has 0 aliphatic heterocycles. The number of hydrogen-bond donors (Lipinski definition) is 2. The van der Waals surface area contributed by atoms with E-state index in [1.165, 1.54) is 0 Å². The number of ether oxygens (including phenoxy) is 3. The molecule has 0 heterocycles. The van der Waals surface area contributed by atoms with Crippen LogP contribution in [0.3, 0.4) is 0 Å². The Morgan fingerprint density at radius 1 is 0.718 bits per heavy atom. The number of esters is 1. The molecule has 0 saturated heterocycles. The van der Waals surface area contributed by atoms with Gasteiger partial charge in [0.2, 0.25) is 0 Å². The first kappa shape index (κ1) is 27.3. The molecule has 4 aromatic rings. The molecule has 0 aromatic heterocycles. The molecule has 7 nitrogen and oxygen atoms in total. The van der Waals surface area contributed by atoms with Crippen molar-refractivity contribution in [1.82, 2.24) is 0 Å². The number of urea groups is 1. The Bertz CT molecular complexity index is 1360. The molecule has 0 spiro atoms. The molecule has 0 atom stereocenters. The summed E-state index contributed by atoms with van der Waals surface area (Å²) in [6, 6.07) is 31.0. The van der Waals surface area contributed by atoms with E-state index in [1.54, 1.807) is 70.3 Å². The molecule has 2 N–H and O–H groups in total. The highest BCUT2D eigenvalue weighted by Crippen LogP contribution is 2.33. The van der Waals surface area contributed by atoms with Crippen LogP contribution in [0, 0.1) is 0 Å². The number of rotatable bonds is 8. The van der Waals surface area contributed by atoms with E-state index in [2.05, 4.69) is 10.6 Å². The highest BCUT2D eigenvalue weighted by molar-refractivity contribution is 6.01. The quantitative estimate of drug-likeness (QED) is 0.234. The standard InChI is InChI=1S/C32H32N2O5/c1-32(2,3)39-30(35)27-21-25(34-31(36)33-24-15-18-26(37-4)19-16-24)17-20-28(27)38-29(22-11-7-5-8-12-22)23-13-9-6-10-14-23/h5-21,29H,1-4H3,(H2,33,34,36). The SMILES string of the molecule is COc1ccc(NC(=O)Nc2ccc(OC(c3ccccc3)c3ccccc3)c(C(=O)OC(C)(C)C)c2)cc1. The predicted molar refractivity (Wildman–Crippen MR) is 153 cm³/mol. The summed E-state index contributed by atoms with van der Waals surface area (Å²) in [6.07, 6.45) is -0.467. The van der Waals surface area contributed by atoms with Crippen molar-refractivity contribution in [1.29, 1.82) is 0 Å². The lowest BCUT2D eigenvalue weighted by Crippen LogP contribution is -2.25. The molecular weight excluding hydrogens is 492 g/mol. The molecule has 7 heteroatoms. The van der Waals surface area contributed by atoms with Crippen LogP contribution in [0.2, 0.25) is 0 Å². The van der Waals surface area contributed by atoms with Gasteiger partial charge in [-0.1, -0.05) is 60.7 Å². The van der Waals surface area contributed by atoms with Crippen molar-refractivity contribution in [2.45, 2.75) is 32.5 Å². The molecule has 200 valence electrons. The molecule has 0 aliphatic rings. The lowest BCUT2D eigenvalue weighted by atomic mass is 10.0. The Kier molecular flexibility index (Phi) is 8.51. The van der Waals surface area contributed by atoms with Gasteiger partial charge in [-0.15, -0.1) is 0 Å². The summed E-state index contributed by atoms with van der Waals surface area (Å²) >= 11 is 0. The van der Waals surface area contributed by atoms with Gasteiger partial charge in [-0.25, -0.2) is 9.59 Å². The molecule has 0 saturated carbocycles. The maximum Gasteiger partial charge on any atom is 0.342 e. The van der Waals surface area contributed by atoms with Gasteiger partial charge in [0.1, 0.15) is 28.8 Å². The van der Waals surface area contributed by atoms with Gasteiger partial charge < -0.3 is 24.8 Å². The average molecular weight is 525 g/mol. The molecule has 2 amide bonds. The summed E-state index contributed by atoms with van der Waals surface area (Å²) in [5, 5.41) is 5.54. The van der Waals surface area contributed by atoms with E-state index in [0.717, 1.165) is 11.1 Å². The fourth-order valence-electron chi connectivity index (χ4n) is 3.88. The number of nitrogens with one attached hydrogen (secondary N) is 2. The van der Waals surface area contributed by atoms with Crippen molar-refractivity contribution in [2.24, 2.45) is 0 Å². The number of methoxy groups -OCH3 is 1. The molecule has 0 fully saturated rings. The molecule has 39 heavy (non-hydrogen) atoms. The normalized spacial score (nSPS) is 11.0. The van der Waals surface area contributed by atoms with E-state index < -0.39 is 23.7 Å². The van der Waals surface area contributed by atoms with Gasteiger partial charge >= 0.3 is 12.0 Å². The van der Waals surface area contributed by atoms with Gasteiger partial charge in [-0.05, 0) is 74.4 Å². The number of carbonyl (C=O) groups excluding carboxylic acids is 2. The Balaban J connectivity index is 1.63. The van der Waals surface area contributed by atoms with E-state index >= 15 is 0 Å². The van der Waals surface area contributed by atoms with Crippen molar-refractivity contribution in [3.8, 4) is 11.5 Å². The third-order valence-corrected chi connectivity index (χ3v) is 5.65. The fraction of sp³-hybridized carbons (Fsp3) is 0.188. The second-order valence-corrected chi connectivity index (χ2v) is 9.84. The zero-order valence-electron chi connectivity index (χ0n) is 22.4. The number of amides is 2. The van der Waals surface area contributed by atoms with Gasteiger partial charge in [-0.3, -0.25) is 0 Å². The second-order valence-electron chi connectivity index (χ2n) is 9.84. The number of carbonyl (C=O) groups is 2. The van der Waals surface area contributed by atoms with Crippen LogP contribution in [0.1, 0.15) is 48.4 Å². The van der Waals surface area contributed by atoms with Crippen LogP contribution in [0.15, 0.2) is 103 Å². The first-order valence-electron chi connectivity index (χ1n) is 12.6. The van der Waals surface area contributed by atoms with Crippen molar-refractivity contribution in [3.63, 3.8) is 0 Å². The van der Waals surface area contributed by atoms with Gasteiger partial charge in [0, 0.05) is 11.4 Å². The lowest BCUT2D eigenvalue weighted by molar-refractivity contribution is 0.00646. The number of benzene rings is 4.